The van der Waals surface area contributed by atoms with Crippen LogP contribution >= 0.6 is 0 Å². The van der Waals surface area contributed by atoms with E-state index in [0.717, 1.165) is 37.4 Å². The molecule has 2 rings (SSSR count). The molecule has 0 radical (unpaired) electrons. The zero-order chi connectivity index (χ0) is 12.1. The van der Waals surface area contributed by atoms with Crippen molar-refractivity contribution in [3.05, 3.63) is 17.8 Å². The summed E-state index contributed by atoms with van der Waals surface area (Å²) in [5.41, 5.74) is 0.892. The largest absolute Gasteiger partial charge is 0.368 e. The van der Waals surface area contributed by atoms with Gasteiger partial charge in [-0.25, -0.2) is 0 Å². The van der Waals surface area contributed by atoms with Gasteiger partial charge in [-0.05, 0) is 31.9 Å². The highest BCUT2D eigenvalue weighted by Gasteiger charge is 2.16. The van der Waals surface area contributed by atoms with Crippen LogP contribution in [0.15, 0.2) is 12.1 Å². The molecular weight excluding hydrogens is 216 g/mol. The van der Waals surface area contributed by atoms with Gasteiger partial charge in [0.1, 0.15) is 5.82 Å². The number of aromatic nitrogens is 2. The minimum Gasteiger partial charge on any atom is -0.368 e. The van der Waals surface area contributed by atoms with Crippen molar-refractivity contribution >= 4 is 11.7 Å². The number of aryl methyl sites for hydroxylation is 1. The van der Waals surface area contributed by atoms with Crippen LogP contribution < -0.4 is 5.32 Å². The van der Waals surface area contributed by atoms with Crippen LogP contribution in [0.1, 0.15) is 25.0 Å². The Hall–Kier alpha value is -1.65. The van der Waals surface area contributed by atoms with E-state index in [2.05, 4.69) is 15.5 Å². The van der Waals surface area contributed by atoms with Crippen molar-refractivity contribution in [3.8, 4) is 0 Å². The summed E-state index contributed by atoms with van der Waals surface area (Å²) in [4.78, 5) is 13.7. The predicted molar refractivity (Wildman–Crippen MR) is 65.7 cm³/mol. The van der Waals surface area contributed by atoms with Gasteiger partial charge in [0.25, 0.3) is 0 Å². The standard InChI is InChI=1S/C12H18N4O/c1-10-4-5-11(15-14-10)13-7-6-12(17)16-8-2-3-9-16/h4-5H,2-3,6-9H2,1H3,(H,13,15). The van der Waals surface area contributed by atoms with Crippen molar-refractivity contribution in [2.24, 2.45) is 0 Å². The first kappa shape index (κ1) is 11.8. The number of hydrogen-bond donors (Lipinski definition) is 1. The van der Waals surface area contributed by atoms with Crippen LogP contribution in [-0.2, 0) is 4.79 Å². The molecule has 1 saturated heterocycles. The lowest BCUT2D eigenvalue weighted by Crippen LogP contribution is -2.29. The summed E-state index contributed by atoms with van der Waals surface area (Å²) in [5.74, 6) is 0.958. The minimum absolute atomic E-state index is 0.232. The topological polar surface area (TPSA) is 58.1 Å². The van der Waals surface area contributed by atoms with Gasteiger partial charge in [0.05, 0.1) is 5.69 Å². The van der Waals surface area contributed by atoms with Gasteiger partial charge in [0.2, 0.25) is 5.91 Å². The molecule has 1 aliphatic rings. The molecule has 1 aliphatic heterocycles. The highest BCUT2D eigenvalue weighted by Crippen LogP contribution is 2.09. The molecule has 1 aromatic rings. The van der Waals surface area contributed by atoms with E-state index in [1.807, 2.05) is 24.0 Å². The van der Waals surface area contributed by atoms with Gasteiger partial charge < -0.3 is 10.2 Å². The van der Waals surface area contributed by atoms with E-state index in [1.165, 1.54) is 0 Å². The van der Waals surface area contributed by atoms with Crippen molar-refractivity contribution in [2.75, 3.05) is 25.0 Å². The quantitative estimate of drug-likeness (QED) is 0.850. The fourth-order valence-corrected chi connectivity index (χ4v) is 1.92. The Morgan fingerprint density at radius 1 is 1.35 bits per heavy atom. The minimum atomic E-state index is 0.232. The van der Waals surface area contributed by atoms with Gasteiger partial charge >= 0.3 is 0 Å². The molecule has 0 aliphatic carbocycles. The summed E-state index contributed by atoms with van der Waals surface area (Å²) in [7, 11) is 0. The van der Waals surface area contributed by atoms with Crippen LogP contribution in [0.2, 0.25) is 0 Å². The monoisotopic (exact) mass is 234 g/mol. The summed E-state index contributed by atoms with van der Waals surface area (Å²) in [6.45, 7) is 4.35. The summed E-state index contributed by atoms with van der Waals surface area (Å²) < 4.78 is 0. The Labute approximate surface area is 101 Å². The summed E-state index contributed by atoms with van der Waals surface area (Å²) in [5, 5.41) is 11.0. The highest BCUT2D eigenvalue weighted by molar-refractivity contribution is 5.76. The van der Waals surface area contributed by atoms with E-state index in [4.69, 9.17) is 0 Å². The maximum Gasteiger partial charge on any atom is 0.224 e. The molecule has 0 spiro atoms. The number of hydrogen-bond acceptors (Lipinski definition) is 4. The molecule has 5 heteroatoms. The summed E-state index contributed by atoms with van der Waals surface area (Å²) in [6, 6.07) is 3.78. The third-order valence-corrected chi connectivity index (χ3v) is 2.90. The van der Waals surface area contributed by atoms with E-state index in [9.17, 15) is 4.79 Å². The molecule has 2 heterocycles. The first-order valence-corrected chi connectivity index (χ1v) is 6.08. The molecule has 17 heavy (non-hydrogen) atoms. The lowest BCUT2D eigenvalue weighted by molar-refractivity contribution is -0.129. The van der Waals surface area contributed by atoms with Crippen molar-refractivity contribution in [1.29, 1.82) is 0 Å². The smallest absolute Gasteiger partial charge is 0.224 e. The Morgan fingerprint density at radius 3 is 2.76 bits per heavy atom. The highest BCUT2D eigenvalue weighted by atomic mass is 16.2. The van der Waals surface area contributed by atoms with Crippen molar-refractivity contribution in [1.82, 2.24) is 15.1 Å². The van der Waals surface area contributed by atoms with Gasteiger partial charge in [0, 0.05) is 26.1 Å². The fraction of sp³-hybridized carbons (Fsp3) is 0.583. The number of likely N-dealkylation sites (tertiary alicyclic amines) is 1. The Bertz CT molecular complexity index is 371. The van der Waals surface area contributed by atoms with E-state index in [-0.39, 0.29) is 5.91 Å². The average Bonchev–Trinajstić information content (AvgIpc) is 2.85. The molecule has 1 aromatic heterocycles. The van der Waals surface area contributed by atoms with Crippen molar-refractivity contribution in [3.63, 3.8) is 0 Å². The summed E-state index contributed by atoms with van der Waals surface area (Å²) >= 11 is 0. The second kappa shape index (κ2) is 5.61. The number of anilines is 1. The Balaban J connectivity index is 1.72. The average molecular weight is 234 g/mol. The Morgan fingerprint density at radius 2 is 2.12 bits per heavy atom. The van der Waals surface area contributed by atoms with Crippen LogP contribution in [0.4, 0.5) is 5.82 Å². The van der Waals surface area contributed by atoms with Crippen molar-refractivity contribution in [2.45, 2.75) is 26.2 Å². The maximum atomic E-state index is 11.7. The van der Waals surface area contributed by atoms with Gasteiger partial charge in [-0.3, -0.25) is 4.79 Å². The van der Waals surface area contributed by atoms with Crippen LogP contribution in [0, 0.1) is 6.92 Å². The van der Waals surface area contributed by atoms with E-state index in [1.54, 1.807) is 0 Å². The number of carbonyl (C=O) groups is 1. The molecule has 0 bridgehead atoms. The molecule has 1 amide bonds. The molecule has 1 fully saturated rings. The normalized spacial score (nSPS) is 15.0. The molecular formula is C12H18N4O. The second-order valence-electron chi connectivity index (χ2n) is 4.32. The van der Waals surface area contributed by atoms with Crippen LogP contribution in [0.25, 0.3) is 0 Å². The molecule has 0 unspecified atom stereocenters. The Kier molecular flexibility index (Phi) is 3.90. The van der Waals surface area contributed by atoms with Crippen LogP contribution in [0.3, 0.4) is 0 Å². The summed E-state index contributed by atoms with van der Waals surface area (Å²) in [6.07, 6.45) is 2.81. The molecule has 0 aromatic carbocycles. The predicted octanol–water partition coefficient (Wildman–Crippen LogP) is 1.21. The van der Waals surface area contributed by atoms with Crippen LogP contribution in [-0.4, -0.2) is 40.6 Å². The SMILES string of the molecule is Cc1ccc(NCCC(=O)N2CCCC2)nn1. The lowest BCUT2D eigenvalue weighted by atomic mass is 10.3. The van der Waals surface area contributed by atoms with Gasteiger partial charge in [-0.2, -0.15) is 5.10 Å². The molecule has 5 nitrogen and oxygen atoms in total. The van der Waals surface area contributed by atoms with E-state index < -0.39 is 0 Å². The van der Waals surface area contributed by atoms with E-state index >= 15 is 0 Å². The first-order valence-electron chi connectivity index (χ1n) is 6.08. The van der Waals surface area contributed by atoms with E-state index in [0.29, 0.717) is 13.0 Å². The number of amides is 1. The van der Waals surface area contributed by atoms with Gasteiger partial charge in [0.15, 0.2) is 0 Å². The number of carbonyl (C=O) groups excluding carboxylic acids is 1. The zero-order valence-electron chi connectivity index (χ0n) is 10.1. The molecule has 0 saturated carbocycles. The van der Waals surface area contributed by atoms with Crippen LogP contribution in [0.5, 0.6) is 0 Å². The second-order valence-corrected chi connectivity index (χ2v) is 4.32. The third-order valence-electron chi connectivity index (χ3n) is 2.90. The van der Waals surface area contributed by atoms with Gasteiger partial charge in [-0.15, -0.1) is 5.10 Å². The first-order chi connectivity index (χ1) is 8.25. The maximum absolute atomic E-state index is 11.7. The number of nitrogens with zero attached hydrogens (tertiary/aromatic N) is 3. The molecule has 92 valence electrons. The lowest BCUT2D eigenvalue weighted by Gasteiger charge is -2.15. The zero-order valence-corrected chi connectivity index (χ0v) is 10.1. The fourth-order valence-electron chi connectivity index (χ4n) is 1.92. The number of nitrogens with one attached hydrogen (secondary N) is 1. The number of rotatable bonds is 4. The van der Waals surface area contributed by atoms with Crippen molar-refractivity contribution < 1.29 is 4.79 Å². The molecule has 1 N–H and O–H groups in total. The molecule has 0 atom stereocenters. The third kappa shape index (κ3) is 3.41. The van der Waals surface area contributed by atoms with Gasteiger partial charge in [-0.1, -0.05) is 0 Å².